The second-order valence-electron chi connectivity index (χ2n) is 9.14. The van der Waals surface area contributed by atoms with Gasteiger partial charge in [0.15, 0.2) is 0 Å². The Morgan fingerprint density at radius 2 is 1.36 bits per heavy atom. The van der Waals surface area contributed by atoms with E-state index in [9.17, 15) is 4.79 Å². The van der Waals surface area contributed by atoms with Crippen LogP contribution in [0.4, 0.5) is 11.6 Å². The molecule has 4 aromatic rings. The van der Waals surface area contributed by atoms with Crippen molar-refractivity contribution in [2.75, 3.05) is 36.4 Å². The summed E-state index contributed by atoms with van der Waals surface area (Å²) >= 11 is 0. The van der Waals surface area contributed by atoms with Crippen LogP contribution in [0.1, 0.15) is 29.0 Å². The first-order valence-corrected chi connectivity index (χ1v) is 12.5. The molecule has 6 heteroatoms. The molecule has 6 nitrogen and oxygen atoms in total. The number of nitrogens with zero attached hydrogens (tertiary/aromatic N) is 4. The summed E-state index contributed by atoms with van der Waals surface area (Å²) in [6, 6.07) is 32.8. The number of nitrogens with one attached hydrogen (secondary N) is 1. The zero-order valence-corrected chi connectivity index (χ0v) is 20.3. The Labute approximate surface area is 212 Å². The lowest BCUT2D eigenvalue weighted by atomic mass is 9.88. The minimum Gasteiger partial charge on any atom is -0.354 e. The van der Waals surface area contributed by atoms with Crippen LogP contribution in [0.15, 0.2) is 103 Å². The fourth-order valence-corrected chi connectivity index (χ4v) is 4.74. The maximum atomic E-state index is 13.1. The van der Waals surface area contributed by atoms with Gasteiger partial charge in [-0.15, -0.1) is 0 Å². The van der Waals surface area contributed by atoms with Crippen LogP contribution in [-0.4, -0.2) is 47.0 Å². The highest BCUT2D eigenvalue weighted by molar-refractivity contribution is 5.91. The van der Waals surface area contributed by atoms with Crippen molar-refractivity contribution in [3.8, 4) is 0 Å². The van der Waals surface area contributed by atoms with E-state index in [-0.39, 0.29) is 11.8 Å². The van der Waals surface area contributed by atoms with Crippen LogP contribution in [0.2, 0.25) is 0 Å². The number of carbonyl (C=O) groups is 1. The molecule has 1 aliphatic rings. The maximum Gasteiger partial charge on any atom is 0.226 e. The monoisotopic (exact) mass is 477 g/mol. The van der Waals surface area contributed by atoms with Gasteiger partial charge in [-0.1, -0.05) is 91.0 Å². The van der Waals surface area contributed by atoms with Gasteiger partial charge in [0.25, 0.3) is 0 Å². The first-order valence-electron chi connectivity index (χ1n) is 12.5. The molecular formula is C30H31N5O. The second kappa shape index (κ2) is 11.6. The van der Waals surface area contributed by atoms with Crippen LogP contribution in [0.5, 0.6) is 0 Å². The third kappa shape index (κ3) is 6.15. The number of rotatable bonds is 8. The summed E-state index contributed by atoms with van der Waals surface area (Å²) in [5.41, 5.74) is 3.58. The van der Waals surface area contributed by atoms with Crippen molar-refractivity contribution in [2.45, 2.75) is 18.9 Å². The molecule has 1 fully saturated rings. The highest BCUT2D eigenvalue weighted by Gasteiger charge is 2.21. The van der Waals surface area contributed by atoms with Crippen molar-refractivity contribution < 1.29 is 4.79 Å². The van der Waals surface area contributed by atoms with Crippen molar-refractivity contribution in [3.05, 3.63) is 120 Å². The van der Waals surface area contributed by atoms with Gasteiger partial charge in [-0.05, 0) is 16.7 Å². The van der Waals surface area contributed by atoms with Gasteiger partial charge in [0.05, 0.1) is 0 Å². The van der Waals surface area contributed by atoms with Crippen LogP contribution in [0.25, 0.3) is 0 Å². The van der Waals surface area contributed by atoms with E-state index in [1.54, 1.807) is 0 Å². The van der Waals surface area contributed by atoms with E-state index in [0.29, 0.717) is 12.2 Å². The normalized spacial score (nSPS) is 14.1. The quantitative estimate of drug-likeness (QED) is 0.389. The molecule has 0 atom stereocenters. The molecule has 0 bridgehead atoms. The van der Waals surface area contributed by atoms with Crippen molar-refractivity contribution in [1.82, 2.24) is 14.9 Å². The number of hydrogen-bond acceptors (Lipinski definition) is 5. The van der Waals surface area contributed by atoms with Crippen molar-refractivity contribution in [2.24, 2.45) is 0 Å². The molecule has 1 aromatic heterocycles. The Hall–Kier alpha value is -4.03. The van der Waals surface area contributed by atoms with E-state index in [0.717, 1.165) is 49.7 Å². The molecule has 5 rings (SSSR count). The lowest BCUT2D eigenvalue weighted by Crippen LogP contribution is -2.46. The number of anilines is 2. The summed E-state index contributed by atoms with van der Waals surface area (Å²) in [6.45, 7) is 4.68. The minimum absolute atomic E-state index is 0.0219. The van der Waals surface area contributed by atoms with E-state index in [2.05, 4.69) is 79.7 Å². The predicted octanol–water partition coefficient (Wildman–Crippen LogP) is 4.96. The molecule has 0 radical (unpaired) electrons. The standard InChI is InChI=1S/C30H31N5O/c36-30(20-27(25-12-6-2-7-13-25)26-14-8-3-9-15-26)33-28-21-29(32-23-31-28)35-18-16-34(17-19-35)22-24-10-4-1-5-11-24/h1-15,21,23,27H,16-20,22H2,(H,31,32,33,36). The minimum atomic E-state index is -0.0648. The number of amides is 1. The molecule has 0 unspecified atom stereocenters. The highest BCUT2D eigenvalue weighted by Crippen LogP contribution is 2.28. The number of carbonyl (C=O) groups excluding carboxylic acids is 1. The Balaban J connectivity index is 1.21. The van der Waals surface area contributed by atoms with E-state index >= 15 is 0 Å². The van der Waals surface area contributed by atoms with Crippen molar-refractivity contribution >= 4 is 17.5 Å². The van der Waals surface area contributed by atoms with Crippen LogP contribution in [-0.2, 0) is 11.3 Å². The number of hydrogen-bond donors (Lipinski definition) is 1. The highest BCUT2D eigenvalue weighted by atomic mass is 16.1. The summed E-state index contributed by atoms with van der Waals surface area (Å²) in [4.78, 5) is 26.6. The molecule has 0 aliphatic carbocycles. The largest absolute Gasteiger partial charge is 0.354 e. The van der Waals surface area contributed by atoms with Gasteiger partial charge in [0.2, 0.25) is 5.91 Å². The summed E-state index contributed by atoms with van der Waals surface area (Å²) < 4.78 is 0. The molecule has 1 N–H and O–H groups in total. The van der Waals surface area contributed by atoms with Crippen LogP contribution < -0.4 is 10.2 Å². The summed E-state index contributed by atoms with van der Waals surface area (Å²) in [6.07, 6.45) is 1.87. The van der Waals surface area contributed by atoms with Gasteiger partial charge in [-0.2, -0.15) is 0 Å². The molecule has 3 aromatic carbocycles. The summed E-state index contributed by atoms with van der Waals surface area (Å²) in [5, 5.41) is 3.01. The van der Waals surface area contributed by atoms with E-state index in [1.165, 1.54) is 11.9 Å². The zero-order valence-electron chi connectivity index (χ0n) is 20.3. The zero-order chi connectivity index (χ0) is 24.6. The van der Waals surface area contributed by atoms with Gasteiger partial charge < -0.3 is 10.2 Å². The fourth-order valence-electron chi connectivity index (χ4n) is 4.74. The summed E-state index contributed by atoms with van der Waals surface area (Å²) in [5.74, 6) is 1.30. The Bertz CT molecular complexity index is 1200. The first-order chi connectivity index (χ1) is 17.7. The Morgan fingerprint density at radius 1 is 0.778 bits per heavy atom. The van der Waals surface area contributed by atoms with Gasteiger partial charge in [0.1, 0.15) is 18.0 Å². The van der Waals surface area contributed by atoms with E-state index in [1.807, 2.05) is 42.5 Å². The summed E-state index contributed by atoms with van der Waals surface area (Å²) in [7, 11) is 0. The molecule has 36 heavy (non-hydrogen) atoms. The van der Waals surface area contributed by atoms with Gasteiger partial charge in [-0.3, -0.25) is 9.69 Å². The van der Waals surface area contributed by atoms with Crippen LogP contribution in [0, 0.1) is 0 Å². The smallest absolute Gasteiger partial charge is 0.226 e. The number of benzene rings is 3. The SMILES string of the molecule is O=C(CC(c1ccccc1)c1ccccc1)Nc1cc(N2CCN(Cc3ccccc3)CC2)ncn1. The Kier molecular flexibility index (Phi) is 7.64. The maximum absolute atomic E-state index is 13.1. The average molecular weight is 478 g/mol. The number of aromatic nitrogens is 2. The van der Waals surface area contributed by atoms with Crippen LogP contribution >= 0.6 is 0 Å². The van der Waals surface area contributed by atoms with Crippen molar-refractivity contribution in [1.29, 1.82) is 0 Å². The second-order valence-corrected chi connectivity index (χ2v) is 9.14. The third-order valence-corrected chi connectivity index (χ3v) is 6.66. The Morgan fingerprint density at radius 3 is 1.97 bits per heavy atom. The van der Waals surface area contributed by atoms with Gasteiger partial charge in [0, 0.05) is 51.1 Å². The molecule has 0 saturated carbocycles. The van der Waals surface area contributed by atoms with Crippen molar-refractivity contribution in [3.63, 3.8) is 0 Å². The van der Waals surface area contributed by atoms with Gasteiger partial charge in [-0.25, -0.2) is 9.97 Å². The van der Waals surface area contributed by atoms with E-state index in [4.69, 9.17) is 0 Å². The molecule has 1 saturated heterocycles. The topological polar surface area (TPSA) is 61.4 Å². The molecular weight excluding hydrogens is 446 g/mol. The predicted molar refractivity (Wildman–Crippen MR) is 144 cm³/mol. The molecule has 1 amide bonds. The number of piperazine rings is 1. The average Bonchev–Trinajstić information content (AvgIpc) is 2.94. The molecule has 0 spiro atoms. The fraction of sp³-hybridized carbons (Fsp3) is 0.233. The molecule has 2 heterocycles. The van der Waals surface area contributed by atoms with Gasteiger partial charge >= 0.3 is 0 Å². The molecule has 182 valence electrons. The lowest BCUT2D eigenvalue weighted by molar-refractivity contribution is -0.116. The lowest BCUT2D eigenvalue weighted by Gasteiger charge is -2.35. The molecule has 1 aliphatic heterocycles. The van der Waals surface area contributed by atoms with Crippen LogP contribution in [0.3, 0.4) is 0 Å². The van der Waals surface area contributed by atoms with E-state index < -0.39 is 0 Å². The first kappa shape index (κ1) is 23.7. The third-order valence-electron chi connectivity index (χ3n) is 6.66.